The van der Waals surface area contributed by atoms with Crippen molar-refractivity contribution in [2.45, 2.75) is 37.1 Å². The van der Waals surface area contributed by atoms with Crippen LogP contribution < -0.4 is 4.72 Å². The molecule has 0 aliphatic carbocycles. The lowest BCUT2D eigenvalue weighted by molar-refractivity contribution is 0.233. The molecule has 0 bridgehead atoms. The van der Waals surface area contributed by atoms with Crippen molar-refractivity contribution in [1.82, 2.24) is 9.71 Å². The average Bonchev–Trinajstić information content (AvgIpc) is 2.30. The minimum atomic E-state index is -3.58. The number of nitrogens with zero attached hydrogens (tertiary/aromatic N) is 1. The molecule has 0 radical (unpaired) electrons. The lowest BCUT2D eigenvalue weighted by atomic mass is 9.97. The summed E-state index contributed by atoms with van der Waals surface area (Å²) < 4.78 is 26.7. The maximum absolute atomic E-state index is 12.0. The van der Waals surface area contributed by atoms with E-state index in [-0.39, 0.29) is 11.5 Å². The molecule has 0 fully saturated rings. The molecule has 0 saturated heterocycles. The Morgan fingerprint density at radius 1 is 1.53 bits per heavy atom. The molecule has 96 valence electrons. The molecule has 1 heterocycles. The second-order valence-corrected chi connectivity index (χ2v) is 5.86. The van der Waals surface area contributed by atoms with Crippen LogP contribution in [0.4, 0.5) is 0 Å². The van der Waals surface area contributed by atoms with Gasteiger partial charge in [-0.05, 0) is 31.9 Å². The van der Waals surface area contributed by atoms with E-state index < -0.39 is 15.6 Å². The maximum Gasteiger partial charge on any atom is 0.242 e. The first-order valence-corrected chi connectivity index (χ1v) is 6.97. The first-order chi connectivity index (χ1) is 7.93. The minimum Gasteiger partial charge on any atom is -0.396 e. The van der Waals surface area contributed by atoms with Crippen LogP contribution in [0.2, 0.25) is 0 Å². The Hall–Kier alpha value is -0.980. The van der Waals surface area contributed by atoms with Crippen molar-refractivity contribution >= 4 is 10.0 Å². The monoisotopic (exact) mass is 258 g/mol. The van der Waals surface area contributed by atoms with Crippen molar-refractivity contribution in [3.8, 4) is 0 Å². The van der Waals surface area contributed by atoms with Crippen LogP contribution in [0, 0.1) is 0 Å². The average molecular weight is 258 g/mol. The van der Waals surface area contributed by atoms with Gasteiger partial charge in [0, 0.05) is 24.5 Å². The molecule has 2 N–H and O–H groups in total. The van der Waals surface area contributed by atoms with Crippen molar-refractivity contribution in [3.63, 3.8) is 0 Å². The molecule has 0 aliphatic heterocycles. The van der Waals surface area contributed by atoms with Crippen LogP contribution in [0.5, 0.6) is 0 Å². The summed E-state index contributed by atoms with van der Waals surface area (Å²) in [6.07, 6.45) is 3.80. The molecular weight excluding hydrogens is 240 g/mol. The first kappa shape index (κ1) is 14.1. The molecule has 1 atom stereocenters. The summed E-state index contributed by atoms with van der Waals surface area (Å²) in [6.45, 7) is 3.60. The van der Waals surface area contributed by atoms with Gasteiger partial charge in [0.1, 0.15) is 4.90 Å². The number of nitrogens with one attached hydrogen (secondary N) is 1. The SMILES string of the molecule is CCC(C)(CCO)NS(=O)(=O)c1cccnc1. The van der Waals surface area contributed by atoms with Gasteiger partial charge < -0.3 is 5.11 Å². The van der Waals surface area contributed by atoms with E-state index >= 15 is 0 Å². The second kappa shape index (κ2) is 5.57. The van der Waals surface area contributed by atoms with E-state index in [0.29, 0.717) is 12.8 Å². The molecule has 5 nitrogen and oxygen atoms in total. The number of pyridine rings is 1. The maximum atomic E-state index is 12.0. The van der Waals surface area contributed by atoms with Gasteiger partial charge in [-0.15, -0.1) is 0 Å². The van der Waals surface area contributed by atoms with Crippen molar-refractivity contribution in [2.24, 2.45) is 0 Å². The van der Waals surface area contributed by atoms with Crippen LogP contribution in [0.1, 0.15) is 26.7 Å². The standard InChI is InChI=1S/C11H18N2O3S/c1-3-11(2,6-8-14)13-17(15,16)10-5-4-7-12-9-10/h4-5,7,9,13-14H,3,6,8H2,1-2H3. The molecule has 0 aliphatic rings. The number of hydrogen-bond donors (Lipinski definition) is 2. The van der Waals surface area contributed by atoms with E-state index in [2.05, 4.69) is 9.71 Å². The summed E-state index contributed by atoms with van der Waals surface area (Å²) in [7, 11) is -3.58. The van der Waals surface area contributed by atoms with Crippen LogP contribution in [0.15, 0.2) is 29.4 Å². The third-order valence-corrected chi connectivity index (χ3v) is 4.39. The third kappa shape index (κ3) is 3.76. The van der Waals surface area contributed by atoms with Crippen molar-refractivity contribution < 1.29 is 13.5 Å². The lowest BCUT2D eigenvalue weighted by Crippen LogP contribution is -2.46. The number of rotatable bonds is 6. The van der Waals surface area contributed by atoms with Gasteiger partial charge in [-0.2, -0.15) is 0 Å². The van der Waals surface area contributed by atoms with Gasteiger partial charge in [-0.1, -0.05) is 6.92 Å². The van der Waals surface area contributed by atoms with E-state index in [0.717, 1.165) is 0 Å². The van der Waals surface area contributed by atoms with E-state index in [9.17, 15) is 8.42 Å². The van der Waals surface area contributed by atoms with Crippen molar-refractivity contribution in [2.75, 3.05) is 6.61 Å². The first-order valence-electron chi connectivity index (χ1n) is 5.48. The highest BCUT2D eigenvalue weighted by Gasteiger charge is 2.28. The van der Waals surface area contributed by atoms with E-state index in [1.165, 1.54) is 18.5 Å². The summed E-state index contributed by atoms with van der Waals surface area (Å²) >= 11 is 0. The highest BCUT2D eigenvalue weighted by Crippen LogP contribution is 2.18. The van der Waals surface area contributed by atoms with Gasteiger partial charge in [-0.25, -0.2) is 13.1 Å². The van der Waals surface area contributed by atoms with Crippen LogP contribution in [0.3, 0.4) is 0 Å². The Kier molecular flexibility index (Phi) is 4.62. The smallest absolute Gasteiger partial charge is 0.242 e. The summed E-state index contributed by atoms with van der Waals surface area (Å²) in [6, 6.07) is 3.06. The summed E-state index contributed by atoms with van der Waals surface area (Å²) in [5, 5.41) is 8.95. The zero-order valence-electron chi connectivity index (χ0n) is 10.0. The molecule has 1 unspecified atom stereocenters. The third-order valence-electron chi connectivity index (χ3n) is 2.77. The predicted octanol–water partition coefficient (Wildman–Crippen LogP) is 0.911. The molecule has 1 rings (SSSR count). The fourth-order valence-electron chi connectivity index (χ4n) is 1.44. The molecule has 0 saturated carbocycles. The zero-order valence-corrected chi connectivity index (χ0v) is 10.9. The molecule has 1 aromatic heterocycles. The largest absolute Gasteiger partial charge is 0.396 e. The number of sulfonamides is 1. The highest BCUT2D eigenvalue weighted by atomic mass is 32.2. The minimum absolute atomic E-state index is 0.0557. The fourth-order valence-corrected chi connectivity index (χ4v) is 2.91. The Labute approximate surface area is 102 Å². The quantitative estimate of drug-likeness (QED) is 0.795. The molecule has 1 aromatic rings. The number of hydrogen-bond acceptors (Lipinski definition) is 4. The second-order valence-electron chi connectivity index (χ2n) is 4.18. The van der Waals surface area contributed by atoms with Crippen LogP contribution in [0.25, 0.3) is 0 Å². The van der Waals surface area contributed by atoms with Crippen molar-refractivity contribution in [1.29, 1.82) is 0 Å². The highest BCUT2D eigenvalue weighted by molar-refractivity contribution is 7.89. The van der Waals surface area contributed by atoms with Crippen LogP contribution in [-0.2, 0) is 10.0 Å². The number of aromatic nitrogens is 1. The molecule has 0 spiro atoms. The zero-order chi connectivity index (χ0) is 12.9. The predicted molar refractivity (Wildman–Crippen MR) is 65.0 cm³/mol. The summed E-state index contributed by atoms with van der Waals surface area (Å²) in [4.78, 5) is 3.92. The van der Waals surface area contributed by atoms with Gasteiger partial charge in [0.05, 0.1) is 0 Å². The lowest BCUT2D eigenvalue weighted by Gasteiger charge is -2.28. The van der Waals surface area contributed by atoms with Gasteiger partial charge in [0.2, 0.25) is 10.0 Å². The van der Waals surface area contributed by atoms with Crippen molar-refractivity contribution in [3.05, 3.63) is 24.5 Å². The van der Waals surface area contributed by atoms with Crippen LogP contribution >= 0.6 is 0 Å². The molecule has 17 heavy (non-hydrogen) atoms. The van der Waals surface area contributed by atoms with E-state index in [1.54, 1.807) is 13.0 Å². The Morgan fingerprint density at radius 3 is 2.71 bits per heavy atom. The molecule has 6 heteroatoms. The Balaban J connectivity index is 2.94. The van der Waals surface area contributed by atoms with Gasteiger partial charge in [-0.3, -0.25) is 4.98 Å². The van der Waals surface area contributed by atoms with Gasteiger partial charge in [0.15, 0.2) is 0 Å². The van der Waals surface area contributed by atoms with E-state index in [4.69, 9.17) is 5.11 Å². The molecular formula is C11H18N2O3S. The number of aliphatic hydroxyl groups is 1. The summed E-state index contributed by atoms with van der Waals surface area (Å²) in [5.74, 6) is 0. The number of aliphatic hydroxyl groups excluding tert-OH is 1. The normalized spacial score (nSPS) is 15.5. The Bertz CT molecular complexity index is 447. The Morgan fingerprint density at radius 2 is 2.24 bits per heavy atom. The summed E-state index contributed by atoms with van der Waals surface area (Å²) in [5.41, 5.74) is -0.635. The van der Waals surface area contributed by atoms with Gasteiger partial charge >= 0.3 is 0 Å². The van der Waals surface area contributed by atoms with Crippen LogP contribution in [-0.4, -0.2) is 30.7 Å². The van der Waals surface area contributed by atoms with Gasteiger partial charge in [0.25, 0.3) is 0 Å². The molecule has 0 amide bonds. The van der Waals surface area contributed by atoms with E-state index in [1.807, 2.05) is 6.92 Å². The fraction of sp³-hybridized carbons (Fsp3) is 0.545. The topological polar surface area (TPSA) is 79.3 Å². The molecule has 0 aromatic carbocycles.